The highest BCUT2D eigenvalue weighted by Gasteiger charge is 2.34. The Kier molecular flexibility index (Phi) is 10.4. The highest BCUT2D eigenvalue weighted by molar-refractivity contribution is 6.04. The molecule has 4 rings (SSSR count). The molecule has 4 atom stereocenters. The Labute approximate surface area is 209 Å². The maximum atomic E-state index is 11.4. The molecule has 2 fully saturated rings. The van der Waals surface area contributed by atoms with Crippen LogP contribution in [0.3, 0.4) is 0 Å². The molecule has 0 aromatic heterocycles. The molecule has 6 nitrogen and oxygen atoms in total. The Morgan fingerprint density at radius 2 is 1.63 bits per heavy atom. The molecule has 0 bridgehead atoms. The normalized spacial score (nSPS) is 21.7. The third-order valence-corrected chi connectivity index (χ3v) is 7.02. The Balaban J connectivity index is 0.000000190. The quantitative estimate of drug-likeness (QED) is 0.327. The first-order valence-electron chi connectivity index (χ1n) is 12.6. The van der Waals surface area contributed by atoms with E-state index in [1.807, 2.05) is 20.8 Å². The maximum Gasteiger partial charge on any atom is 0.311 e. The van der Waals surface area contributed by atoms with Crippen molar-refractivity contribution in [3.05, 3.63) is 48.0 Å². The van der Waals surface area contributed by atoms with E-state index in [2.05, 4.69) is 61.6 Å². The number of benzene rings is 2. The second-order valence-electron chi connectivity index (χ2n) is 10.1. The molecular weight excluding hydrogens is 442 g/mol. The Bertz CT molecular complexity index is 993. The minimum Gasteiger partial charge on any atom is -0.462 e. The molecule has 4 unspecified atom stereocenters. The summed E-state index contributed by atoms with van der Waals surface area (Å²) >= 11 is 0. The van der Waals surface area contributed by atoms with Crippen molar-refractivity contribution in [3.8, 4) is 0 Å². The number of carbonyl (C=O) groups excluding carboxylic acids is 3. The van der Waals surface area contributed by atoms with Gasteiger partial charge in [0.2, 0.25) is 11.8 Å². The van der Waals surface area contributed by atoms with Gasteiger partial charge in [0.15, 0.2) is 0 Å². The Morgan fingerprint density at radius 1 is 1.06 bits per heavy atom. The Morgan fingerprint density at radius 3 is 2.09 bits per heavy atom. The van der Waals surface area contributed by atoms with Gasteiger partial charge in [0.05, 0.1) is 12.0 Å². The van der Waals surface area contributed by atoms with E-state index in [-0.39, 0.29) is 41.1 Å². The predicted octanol–water partition coefficient (Wildman–Crippen LogP) is 5.63. The number of ether oxygens (including phenoxy) is 2. The van der Waals surface area contributed by atoms with Crippen molar-refractivity contribution in [2.24, 2.45) is 17.3 Å². The van der Waals surface area contributed by atoms with Gasteiger partial charge in [-0.15, -0.1) is 0 Å². The fourth-order valence-electron chi connectivity index (χ4n) is 3.23. The topological polar surface area (TPSA) is 85.0 Å². The summed E-state index contributed by atoms with van der Waals surface area (Å²) in [5.74, 6) is -0.0323. The highest BCUT2D eigenvalue weighted by Crippen LogP contribution is 2.24. The van der Waals surface area contributed by atoms with E-state index in [1.165, 1.54) is 22.8 Å². The van der Waals surface area contributed by atoms with Gasteiger partial charge in [-0.05, 0) is 48.9 Å². The first-order valence-corrected chi connectivity index (χ1v) is 12.6. The van der Waals surface area contributed by atoms with Gasteiger partial charge >= 0.3 is 5.97 Å². The summed E-state index contributed by atoms with van der Waals surface area (Å²) < 4.78 is 9.99. The van der Waals surface area contributed by atoms with Gasteiger partial charge in [-0.3, -0.25) is 19.7 Å². The number of fused-ring (bicyclic) bond motifs is 1. The molecule has 2 aliphatic heterocycles. The molecule has 6 heteroatoms. The number of epoxide rings is 1. The number of esters is 1. The van der Waals surface area contributed by atoms with Crippen LogP contribution in [0.2, 0.25) is 0 Å². The standard InChI is InChI=1S/C14H16.C9H16O3.C6H9NO2/c1-3-11(2)13-9-8-12-6-4-5-7-14(12)10-13;1-4-9(2,3)8(10)12-6-7-5-11-7;1-3-4(2)6(9)7-5(3)8/h4-11H,3H2,1-2H3;7H,4-6H2,1-3H3;3-4H,1-2H3,(H,7,8,9). The average Bonchev–Trinajstić information content (AvgIpc) is 3.67. The van der Waals surface area contributed by atoms with Crippen LogP contribution >= 0.6 is 0 Å². The smallest absolute Gasteiger partial charge is 0.311 e. The van der Waals surface area contributed by atoms with Gasteiger partial charge < -0.3 is 9.47 Å². The first kappa shape index (κ1) is 28.5. The van der Waals surface area contributed by atoms with Gasteiger partial charge in [0.1, 0.15) is 12.7 Å². The summed E-state index contributed by atoms with van der Waals surface area (Å²) in [6, 6.07) is 15.3. The largest absolute Gasteiger partial charge is 0.462 e. The van der Waals surface area contributed by atoms with Gasteiger partial charge in [0, 0.05) is 11.8 Å². The van der Waals surface area contributed by atoms with Crippen molar-refractivity contribution in [3.63, 3.8) is 0 Å². The molecule has 1 N–H and O–H groups in total. The molecule has 35 heavy (non-hydrogen) atoms. The van der Waals surface area contributed by atoms with Crippen LogP contribution in [-0.4, -0.2) is 37.1 Å². The highest BCUT2D eigenvalue weighted by atomic mass is 16.6. The van der Waals surface area contributed by atoms with Crippen molar-refractivity contribution in [1.29, 1.82) is 0 Å². The molecule has 2 amide bonds. The molecule has 192 valence electrons. The van der Waals surface area contributed by atoms with Gasteiger partial charge in [-0.2, -0.15) is 0 Å². The average molecular weight is 484 g/mol. The number of hydrogen-bond acceptors (Lipinski definition) is 5. The van der Waals surface area contributed by atoms with E-state index in [0.29, 0.717) is 12.5 Å². The van der Waals surface area contributed by atoms with E-state index in [4.69, 9.17) is 9.47 Å². The van der Waals surface area contributed by atoms with Crippen LogP contribution in [-0.2, 0) is 23.9 Å². The zero-order chi connectivity index (χ0) is 26.2. The van der Waals surface area contributed by atoms with Crippen LogP contribution in [0, 0.1) is 17.3 Å². The molecular formula is C29H41NO5. The molecule has 2 aromatic carbocycles. The zero-order valence-electron chi connectivity index (χ0n) is 22.2. The van der Waals surface area contributed by atoms with Crippen molar-refractivity contribution in [2.45, 2.75) is 73.3 Å². The Hall–Kier alpha value is -2.73. The summed E-state index contributed by atoms with van der Waals surface area (Å²) in [7, 11) is 0. The summed E-state index contributed by atoms with van der Waals surface area (Å²) in [5, 5.41) is 4.92. The predicted molar refractivity (Wildman–Crippen MR) is 139 cm³/mol. The summed E-state index contributed by atoms with van der Waals surface area (Å²) in [5.41, 5.74) is 1.10. The third kappa shape index (κ3) is 8.46. The van der Waals surface area contributed by atoms with Gasteiger partial charge in [-0.1, -0.05) is 77.1 Å². The molecule has 2 saturated heterocycles. The van der Waals surface area contributed by atoms with Crippen molar-refractivity contribution in [1.82, 2.24) is 5.32 Å². The molecule has 2 heterocycles. The number of amides is 2. The van der Waals surface area contributed by atoms with E-state index in [1.54, 1.807) is 13.8 Å². The zero-order valence-corrected chi connectivity index (χ0v) is 22.2. The molecule has 0 spiro atoms. The summed E-state index contributed by atoms with van der Waals surface area (Å²) in [6.07, 6.45) is 2.18. The summed E-state index contributed by atoms with van der Waals surface area (Å²) in [4.78, 5) is 32.7. The molecule has 0 aliphatic carbocycles. The minimum absolute atomic E-state index is 0.125. The lowest BCUT2D eigenvalue weighted by Crippen LogP contribution is -2.27. The fraction of sp³-hybridized carbons (Fsp3) is 0.552. The number of imide groups is 1. The van der Waals surface area contributed by atoms with Gasteiger partial charge in [-0.25, -0.2) is 0 Å². The van der Waals surface area contributed by atoms with Crippen molar-refractivity contribution >= 4 is 28.6 Å². The minimum atomic E-state index is -0.352. The van der Waals surface area contributed by atoms with Crippen LogP contribution < -0.4 is 5.32 Å². The SMILES string of the molecule is CC1C(=O)NC(=O)C1C.CCC(C)(C)C(=O)OCC1CO1.CCC(C)c1ccc2ccccc2c1. The third-order valence-electron chi connectivity index (χ3n) is 7.02. The number of carbonyl (C=O) groups is 3. The number of nitrogens with one attached hydrogen (secondary N) is 1. The van der Waals surface area contributed by atoms with E-state index in [0.717, 1.165) is 13.0 Å². The van der Waals surface area contributed by atoms with Crippen LogP contribution in [0.5, 0.6) is 0 Å². The number of rotatable bonds is 6. The monoisotopic (exact) mass is 483 g/mol. The first-order chi connectivity index (χ1) is 16.5. The van der Waals surface area contributed by atoms with E-state index >= 15 is 0 Å². The fourth-order valence-corrected chi connectivity index (χ4v) is 3.23. The van der Waals surface area contributed by atoms with Crippen molar-refractivity contribution < 1.29 is 23.9 Å². The molecule has 2 aliphatic rings. The molecule has 2 aromatic rings. The van der Waals surface area contributed by atoms with Crippen LogP contribution in [0.1, 0.15) is 72.8 Å². The maximum absolute atomic E-state index is 11.4. The number of hydrogen-bond donors (Lipinski definition) is 1. The molecule has 0 radical (unpaired) electrons. The lowest BCUT2D eigenvalue weighted by Gasteiger charge is -2.19. The lowest BCUT2D eigenvalue weighted by atomic mass is 9.91. The summed E-state index contributed by atoms with van der Waals surface area (Å²) in [6.45, 7) is 14.9. The second kappa shape index (κ2) is 12.8. The van der Waals surface area contributed by atoms with Crippen LogP contribution in [0.4, 0.5) is 0 Å². The lowest BCUT2D eigenvalue weighted by molar-refractivity contribution is -0.154. The van der Waals surface area contributed by atoms with Gasteiger partial charge in [0.25, 0.3) is 0 Å². The van der Waals surface area contributed by atoms with Crippen molar-refractivity contribution in [2.75, 3.05) is 13.2 Å². The van der Waals surface area contributed by atoms with E-state index in [9.17, 15) is 14.4 Å². The van der Waals surface area contributed by atoms with E-state index < -0.39 is 0 Å². The second-order valence-corrected chi connectivity index (χ2v) is 10.1. The van der Waals surface area contributed by atoms with Crippen LogP contribution in [0.25, 0.3) is 10.8 Å². The molecule has 0 saturated carbocycles. The van der Waals surface area contributed by atoms with Crippen LogP contribution in [0.15, 0.2) is 42.5 Å².